The minimum atomic E-state index is -2.27. The molecule has 0 aliphatic carbocycles. The van der Waals surface area contributed by atoms with Gasteiger partial charge in [-0.05, 0) is 86.5 Å². The number of carbonyl (C=O) groups is 7. The van der Waals surface area contributed by atoms with Gasteiger partial charge in [-0.1, -0.05) is 32.4 Å². The standard InChI is InChI=1S/C51H67N7O17/c1-5-6-19-74-32-15-17-34(18-16-32)75-33-13-9-29(10-14-33)44(66)52-35-22-38(64)47(69)56-49(71)42-43(65)25(2)23-58(42)51(73)40(27(4)60)54-48(70)41(37(63)20-28-7-11-30(61)12-8-28)55-46(68)36-21-31(62)24-57(36)50(72)39(26(3)59)53-45(35)67/h7-18,25-27,31,35-43,47,59-65,69H,5-6,19-24H2,1-4H3,(H,52,66)(H,53,67)(H,54,70)(H,55,68)(H,56,71). The van der Waals surface area contributed by atoms with Crippen LogP contribution >= 0.6 is 0 Å². The normalized spacial score (nSPS) is 28.5. The van der Waals surface area contributed by atoms with E-state index in [1.54, 1.807) is 24.3 Å². The van der Waals surface area contributed by atoms with Gasteiger partial charge < -0.3 is 86.7 Å². The van der Waals surface area contributed by atoms with Gasteiger partial charge in [0, 0.05) is 43.8 Å². The van der Waals surface area contributed by atoms with Crippen LogP contribution in [-0.2, 0) is 35.2 Å². The largest absolute Gasteiger partial charge is 0.508 e. The van der Waals surface area contributed by atoms with Crippen LogP contribution in [-0.4, -0.2) is 191 Å². The molecule has 6 rings (SSSR count). The molecule has 3 fully saturated rings. The van der Waals surface area contributed by atoms with Crippen LogP contribution in [0.2, 0.25) is 0 Å². The van der Waals surface area contributed by atoms with Gasteiger partial charge in [-0.3, -0.25) is 33.6 Å². The number of benzene rings is 3. The molecule has 3 aliphatic heterocycles. The van der Waals surface area contributed by atoms with Gasteiger partial charge >= 0.3 is 0 Å². The first kappa shape index (κ1) is 57.4. The predicted molar refractivity (Wildman–Crippen MR) is 263 cm³/mol. The third-order valence-electron chi connectivity index (χ3n) is 13.3. The zero-order valence-electron chi connectivity index (χ0n) is 41.8. The van der Waals surface area contributed by atoms with Crippen LogP contribution in [0.1, 0.15) is 69.3 Å². The molecule has 0 radical (unpaired) electrons. The summed E-state index contributed by atoms with van der Waals surface area (Å²) in [5, 5.41) is 99.6. The topological polar surface area (TPSA) is 366 Å². The summed E-state index contributed by atoms with van der Waals surface area (Å²) in [6.07, 6.45) is -12.5. The van der Waals surface area contributed by atoms with Gasteiger partial charge in [0.05, 0.1) is 37.1 Å². The lowest BCUT2D eigenvalue weighted by Gasteiger charge is -2.33. The average Bonchev–Trinajstić information content (AvgIpc) is 3.91. The number of aromatic hydroxyl groups is 1. The highest BCUT2D eigenvalue weighted by atomic mass is 16.5. The van der Waals surface area contributed by atoms with Crippen molar-refractivity contribution in [1.29, 1.82) is 0 Å². The van der Waals surface area contributed by atoms with E-state index in [0.29, 0.717) is 29.4 Å². The summed E-state index contributed by atoms with van der Waals surface area (Å²) in [6, 6.07) is 6.84. The molecule has 0 aromatic heterocycles. The Labute approximate surface area is 432 Å². The number of fused-ring (bicyclic) bond motifs is 2. The van der Waals surface area contributed by atoms with Crippen LogP contribution in [0.4, 0.5) is 0 Å². The van der Waals surface area contributed by atoms with E-state index in [-0.39, 0.29) is 24.3 Å². The molecule has 3 aromatic rings. The summed E-state index contributed by atoms with van der Waals surface area (Å²) in [4.78, 5) is 101. The maximum atomic E-state index is 14.4. The third-order valence-corrected chi connectivity index (χ3v) is 13.3. The van der Waals surface area contributed by atoms with Crippen LogP contribution in [0.5, 0.6) is 23.0 Å². The molecule has 75 heavy (non-hydrogen) atoms. The molecule has 3 aliphatic rings. The van der Waals surface area contributed by atoms with Crippen LogP contribution in [0.3, 0.4) is 0 Å². The maximum Gasteiger partial charge on any atom is 0.251 e. The van der Waals surface area contributed by atoms with Gasteiger partial charge in [0.25, 0.3) is 5.91 Å². The molecule has 24 heteroatoms. The number of rotatable bonds is 13. The van der Waals surface area contributed by atoms with Crippen molar-refractivity contribution in [3.05, 3.63) is 83.9 Å². The van der Waals surface area contributed by atoms with E-state index in [2.05, 4.69) is 26.6 Å². The molecule has 14 atom stereocenters. The highest BCUT2D eigenvalue weighted by molar-refractivity contribution is 6.00. The van der Waals surface area contributed by atoms with Crippen molar-refractivity contribution in [2.24, 2.45) is 5.92 Å². The zero-order valence-corrected chi connectivity index (χ0v) is 41.8. The first-order chi connectivity index (χ1) is 35.6. The lowest BCUT2D eigenvalue weighted by molar-refractivity contribution is -0.148. The van der Waals surface area contributed by atoms with Gasteiger partial charge in [-0.15, -0.1) is 0 Å². The molecule has 0 spiro atoms. The first-order valence-corrected chi connectivity index (χ1v) is 24.7. The van der Waals surface area contributed by atoms with Crippen LogP contribution in [0.25, 0.3) is 0 Å². The molecule has 3 aromatic carbocycles. The zero-order chi connectivity index (χ0) is 54.8. The molecule has 408 valence electrons. The summed E-state index contributed by atoms with van der Waals surface area (Å²) in [5.74, 6) is -7.49. The molecule has 3 saturated heterocycles. The van der Waals surface area contributed by atoms with Gasteiger partial charge in [0.2, 0.25) is 35.4 Å². The Morgan fingerprint density at radius 1 is 0.693 bits per heavy atom. The minimum absolute atomic E-state index is 0.0346. The first-order valence-electron chi connectivity index (χ1n) is 24.7. The maximum absolute atomic E-state index is 14.4. The number of aliphatic hydroxyl groups excluding tert-OH is 7. The van der Waals surface area contributed by atoms with E-state index >= 15 is 0 Å². The van der Waals surface area contributed by atoms with E-state index in [4.69, 9.17) is 9.47 Å². The van der Waals surface area contributed by atoms with Gasteiger partial charge in [0.15, 0.2) is 6.23 Å². The Morgan fingerprint density at radius 3 is 1.85 bits per heavy atom. The second-order valence-electron chi connectivity index (χ2n) is 19.3. The fourth-order valence-electron chi connectivity index (χ4n) is 8.99. The van der Waals surface area contributed by atoms with Crippen molar-refractivity contribution in [2.75, 3.05) is 19.7 Å². The Hall–Kier alpha value is -6.93. The molecular formula is C51H67N7O17. The predicted octanol–water partition coefficient (Wildman–Crippen LogP) is -2.35. The van der Waals surface area contributed by atoms with E-state index in [9.17, 15) is 74.4 Å². The van der Waals surface area contributed by atoms with Crippen LogP contribution < -0.4 is 36.1 Å². The fraction of sp³-hybridized carbons (Fsp3) is 0.510. The van der Waals surface area contributed by atoms with Crippen molar-refractivity contribution >= 4 is 41.4 Å². The van der Waals surface area contributed by atoms with E-state index in [1.807, 2.05) is 6.92 Å². The molecular weight excluding hydrogens is 983 g/mol. The number of carbonyl (C=O) groups excluding carboxylic acids is 7. The monoisotopic (exact) mass is 1050 g/mol. The molecule has 13 N–H and O–H groups in total. The quantitative estimate of drug-likeness (QED) is 0.0797. The van der Waals surface area contributed by atoms with Crippen molar-refractivity contribution in [2.45, 2.75) is 139 Å². The van der Waals surface area contributed by atoms with Crippen LogP contribution in [0, 0.1) is 5.92 Å². The van der Waals surface area contributed by atoms with Crippen molar-refractivity contribution < 1.29 is 83.9 Å². The molecule has 24 nitrogen and oxygen atoms in total. The van der Waals surface area contributed by atoms with Crippen molar-refractivity contribution in [3.8, 4) is 23.0 Å². The van der Waals surface area contributed by atoms with E-state index in [1.165, 1.54) is 55.5 Å². The van der Waals surface area contributed by atoms with Crippen LogP contribution in [0.15, 0.2) is 72.8 Å². The summed E-state index contributed by atoms with van der Waals surface area (Å²) >= 11 is 0. The van der Waals surface area contributed by atoms with E-state index < -0.39 is 146 Å². The van der Waals surface area contributed by atoms with Crippen molar-refractivity contribution in [3.63, 3.8) is 0 Å². The molecule has 3 heterocycles. The van der Waals surface area contributed by atoms with Gasteiger partial charge in [-0.25, -0.2) is 0 Å². The number of phenols is 1. The third kappa shape index (κ3) is 14.5. The lowest BCUT2D eigenvalue weighted by atomic mass is 9.99. The highest BCUT2D eigenvalue weighted by Gasteiger charge is 2.50. The highest BCUT2D eigenvalue weighted by Crippen LogP contribution is 2.28. The number of aliphatic hydroxyl groups is 7. The molecule has 0 saturated carbocycles. The number of phenolic OH excluding ortho intramolecular Hbond substituents is 1. The number of ether oxygens (including phenoxy) is 2. The Bertz CT molecular complexity index is 2480. The van der Waals surface area contributed by atoms with Crippen molar-refractivity contribution in [1.82, 2.24) is 36.4 Å². The second kappa shape index (κ2) is 25.5. The number of nitrogens with one attached hydrogen (secondary N) is 5. The minimum Gasteiger partial charge on any atom is -0.508 e. The van der Waals surface area contributed by atoms with Gasteiger partial charge in [-0.2, -0.15) is 0 Å². The summed E-state index contributed by atoms with van der Waals surface area (Å²) in [5.41, 5.74) is 0.328. The number of unbranched alkanes of at least 4 members (excludes halogenated alkanes) is 1. The van der Waals surface area contributed by atoms with E-state index in [0.717, 1.165) is 36.5 Å². The summed E-state index contributed by atoms with van der Waals surface area (Å²) in [7, 11) is 0. The fourth-order valence-corrected chi connectivity index (χ4v) is 8.99. The molecule has 14 unspecified atom stereocenters. The molecule has 7 amide bonds. The number of nitrogens with zero attached hydrogens (tertiary/aromatic N) is 2. The Morgan fingerprint density at radius 2 is 1.25 bits per heavy atom. The number of hydrogen-bond acceptors (Lipinski definition) is 17. The SMILES string of the molecule is CCCCOc1ccc(Oc2ccc(C(=O)NC3CC(O)C(O)NC(=O)C4C(O)C(C)CN4C(=O)C(C(C)O)NC(=O)C(C(O)Cc4ccc(O)cc4)NC(=O)C4CC(O)CN4C(=O)C(C(C)O)NC3=O)cc2)cc1. The Balaban J connectivity index is 1.32. The lowest BCUT2D eigenvalue weighted by Crippen LogP contribution is -2.64. The number of hydrogen-bond donors (Lipinski definition) is 13. The molecule has 0 bridgehead atoms. The number of amides is 7. The van der Waals surface area contributed by atoms with Gasteiger partial charge in [0.1, 0.15) is 65.4 Å². The smallest absolute Gasteiger partial charge is 0.251 e. The average molecular weight is 1050 g/mol. The summed E-state index contributed by atoms with van der Waals surface area (Å²) < 4.78 is 11.6. The second-order valence-corrected chi connectivity index (χ2v) is 19.3. The Kier molecular flexibility index (Phi) is 19.5. The summed E-state index contributed by atoms with van der Waals surface area (Å²) in [6.45, 7) is 5.47.